The quantitative estimate of drug-likeness (QED) is 0.619. The number of carbonyl (C=O) groups excluding carboxylic acids is 2. The van der Waals surface area contributed by atoms with E-state index in [1.807, 2.05) is 19.1 Å². The third-order valence-corrected chi connectivity index (χ3v) is 6.29. The van der Waals surface area contributed by atoms with Crippen LogP contribution in [0.15, 0.2) is 77.7 Å². The summed E-state index contributed by atoms with van der Waals surface area (Å²) < 4.78 is 24.2. The zero-order valence-electron chi connectivity index (χ0n) is 16.2. The summed E-state index contributed by atoms with van der Waals surface area (Å²) in [4.78, 5) is 25.9. The number of amides is 1. The molecule has 0 aromatic heterocycles. The summed E-state index contributed by atoms with van der Waals surface area (Å²) in [7, 11) is -3.39. The first-order valence-electron chi connectivity index (χ1n) is 9.16. The number of anilines is 1. The molecule has 0 bridgehead atoms. The number of carbonyl (C=O) groups is 2. The van der Waals surface area contributed by atoms with E-state index in [0.717, 1.165) is 5.56 Å². The maximum Gasteiger partial charge on any atom is 0.256 e. The molecule has 0 unspecified atom stereocenters. The number of nitrogens with one attached hydrogen (secondary N) is 1. The summed E-state index contributed by atoms with van der Waals surface area (Å²) >= 11 is 0. The Morgan fingerprint density at radius 1 is 0.862 bits per heavy atom. The van der Waals surface area contributed by atoms with Crippen LogP contribution in [-0.4, -0.2) is 25.9 Å². The molecule has 0 atom stereocenters. The second-order valence-electron chi connectivity index (χ2n) is 6.63. The Morgan fingerprint density at radius 3 is 2.17 bits per heavy atom. The number of aryl methyl sites for hydroxylation is 1. The van der Waals surface area contributed by atoms with Crippen molar-refractivity contribution in [2.24, 2.45) is 0 Å². The number of benzene rings is 3. The molecule has 6 heteroatoms. The van der Waals surface area contributed by atoms with Crippen molar-refractivity contribution in [1.82, 2.24) is 0 Å². The Morgan fingerprint density at radius 2 is 1.52 bits per heavy atom. The minimum Gasteiger partial charge on any atom is -0.322 e. The van der Waals surface area contributed by atoms with Crippen LogP contribution in [-0.2, 0) is 9.84 Å². The third kappa shape index (κ3) is 4.60. The highest BCUT2D eigenvalue weighted by molar-refractivity contribution is 7.91. The Labute approximate surface area is 170 Å². The second kappa shape index (κ2) is 8.41. The lowest BCUT2D eigenvalue weighted by Crippen LogP contribution is -2.17. The fraction of sp³-hybridized carbons (Fsp3) is 0.130. The van der Waals surface area contributed by atoms with Crippen molar-refractivity contribution in [1.29, 1.82) is 0 Å². The van der Waals surface area contributed by atoms with Crippen LogP contribution < -0.4 is 5.32 Å². The maximum atomic E-state index is 12.9. The molecule has 0 aliphatic carbocycles. The Hall–Kier alpha value is -3.25. The lowest BCUT2D eigenvalue weighted by atomic mass is 9.97. The van der Waals surface area contributed by atoms with Crippen molar-refractivity contribution in [2.45, 2.75) is 18.7 Å². The number of sulfone groups is 1. The SMILES string of the molecule is CCS(=O)(=O)c1cccc(NC(=O)c2ccccc2C(=O)c2ccc(C)cc2)c1. The molecule has 3 aromatic carbocycles. The van der Waals surface area contributed by atoms with Gasteiger partial charge in [-0.3, -0.25) is 9.59 Å². The van der Waals surface area contributed by atoms with Crippen LogP contribution in [0.5, 0.6) is 0 Å². The topological polar surface area (TPSA) is 80.3 Å². The van der Waals surface area contributed by atoms with Crippen LogP contribution in [0.1, 0.15) is 38.8 Å². The molecule has 0 fully saturated rings. The van der Waals surface area contributed by atoms with Gasteiger partial charge in [-0.05, 0) is 31.2 Å². The van der Waals surface area contributed by atoms with Crippen molar-refractivity contribution >= 4 is 27.2 Å². The van der Waals surface area contributed by atoms with Crippen molar-refractivity contribution in [2.75, 3.05) is 11.1 Å². The van der Waals surface area contributed by atoms with Gasteiger partial charge in [-0.25, -0.2) is 8.42 Å². The van der Waals surface area contributed by atoms with Crippen molar-refractivity contribution in [3.8, 4) is 0 Å². The molecule has 0 radical (unpaired) electrons. The summed E-state index contributed by atoms with van der Waals surface area (Å²) in [5.74, 6) is -0.761. The molecule has 0 spiro atoms. The first-order chi connectivity index (χ1) is 13.8. The van der Waals surface area contributed by atoms with Gasteiger partial charge in [0.2, 0.25) is 0 Å². The average Bonchev–Trinajstić information content (AvgIpc) is 2.74. The standard InChI is InChI=1S/C23H21NO4S/c1-3-29(27,28)19-8-6-7-18(15-19)24-23(26)21-10-5-4-9-20(21)22(25)17-13-11-16(2)12-14-17/h4-15H,3H2,1-2H3,(H,24,26). The lowest BCUT2D eigenvalue weighted by Gasteiger charge is -2.11. The van der Waals surface area contributed by atoms with Gasteiger partial charge >= 0.3 is 0 Å². The van der Waals surface area contributed by atoms with E-state index in [1.165, 1.54) is 12.1 Å². The highest BCUT2D eigenvalue weighted by Crippen LogP contribution is 2.20. The Kier molecular flexibility index (Phi) is 5.94. The molecule has 0 heterocycles. The van der Waals surface area contributed by atoms with Crippen LogP contribution in [0.4, 0.5) is 5.69 Å². The molecular formula is C23H21NO4S. The predicted octanol–water partition coefficient (Wildman–Crippen LogP) is 4.27. The van der Waals surface area contributed by atoms with Crippen LogP contribution in [0, 0.1) is 6.92 Å². The van der Waals surface area contributed by atoms with E-state index in [4.69, 9.17) is 0 Å². The van der Waals surface area contributed by atoms with E-state index in [-0.39, 0.29) is 27.6 Å². The fourth-order valence-electron chi connectivity index (χ4n) is 2.87. The summed E-state index contributed by atoms with van der Waals surface area (Å²) in [5.41, 5.74) is 2.39. The molecule has 29 heavy (non-hydrogen) atoms. The van der Waals surface area contributed by atoms with Gasteiger partial charge in [0.15, 0.2) is 15.6 Å². The molecule has 3 aromatic rings. The third-order valence-electron chi connectivity index (χ3n) is 4.56. The van der Waals surface area contributed by atoms with E-state index < -0.39 is 15.7 Å². The van der Waals surface area contributed by atoms with Gasteiger partial charge in [-0.15, -0.1) is 0 Å². The summed E-state index contributed by atoms with van der Waals surface area (Å²) in [6.45, 7) is 3.50. The van der Waals surface area contributed by atoms with Gasteiger partial charge in [0.1, 0.15) is 0 Å². The van der Waals surface area contributed by atoms with Gasteiger partial charge < -0.3 is 5.32 Å². The normalized spacial score (nSPS) is 11.1. The molecule has 0 saturated carbocycles. The zero-order chi connectivity index (χ0) is 21.0. The minimum atomic E-state index is -3.39. The number of hydrogen-bond acceptors (Lipinski definition) is 4. The van der Waals surface area contributed by atoms with Crippen LogP contribution >= 0.6 is 0 Å². The van der Waals surface area contributed by atoms with Crippen molar-refractivity contribution in [3.63, 3.8) is 0 Å². The molecule has 1 amide bonds. The van der Waals surface area contributed by atoms with Gasteiger partial charge in [0.25, 0.3) is 5.91 Å². The van der Waals surface area contributed by atoms with E-state index in [1.54, 1.807) is 55.5 Å². The van der Waals surface area contributed by atoms with E-state index in [2.05, 4.69) is 5.32 Å². The number of hydrogen-bond donors (Lipinski definition) is 1. The Bertz CT molecular complexity index is 1170. The highest BCUT2D eigenvalue weighted by Gasteiger charge is 2.19. The lowest BCUT2D eigenvalue weighted by molar-refractivity contribution is 0.0996. The second-order valence-corrected chi connectivity index (χ2v) is 8.90. The Balaban J connectivity index is 1.91. The fourth-order valence-corrected chi connectivity index (χ4v) is 3.80. The van der Waals surface area contributed by atoms with E-state index in [0.29, 0.717) is 11.3 Å². The monoisotopic (exact) mass is 407 g/mol. The molecule has 0 aliphatic rings. The minimum absolute atomic E-state index is 0.0295. The first-order valence-corrected chi connectivity index (χ1v) is 10.8. The average molecular weight is 407 g/mol. The van der Waals surface area contributed by atoms with Gasteiger partial charge in [0.05, 0.1) is 16.2 Å². The number of ketones is 1. The van der Waals surface area contributed by atoms with Gasteiger partial charge in [-0.1, -0.05) is 61.0 Å². The highest BCUT2D eigenvalue weighted by atomic mass is 32.2. The van der Waals surface area contributed by atoms with Gasteiger partial charge in [-0.2, -0.15) is 0 Å². The largest absolute Gasteiger partial charge is 0.322 e. The molecule has 0 saturated heterocycles. The molecule has 5 nitrogen and oxygen atoms in total. The molecule has 0 aliphatic heterocycles. The summed E-state index contributed by atoms with van der Waals surface area (Å²) in [6, 6.07) is 19.8. The zero-order valence-corrected chi connectivity index (χ0v) is 17.0. The molecule has 3 rings (SSSR count). The van der Waals surface area contributed by atoms with E-state index in [9.17, 15) is 18.0 Å². The van der Waals surface area contributed by atoms with E-state index >= 15 is 0 Å². The maximum absolute atomic E-state index is 12.9. The van der Waals surface area contributed by atoms with Crippen molar-refractivity contribution in [3.05, 3.63) is 95.1 Å². The van der Waals surface area contributed by atoms with Crippen LogP contribution in [0.25, 0.3) is 0 Å². The molecule has 1 N–H and O–H groups in total. The summed E-state index contributed by atoms with van der Waals surface area (Å²) in [6.07, 6.45) is 0. The predicted molar refractivity (Wildman–Crippen MR) is 113 cm³/mol. The first kappa shape index (κ1) is 20.5. The number of rotatable bonds is 6. The van der Waals surface area contributed by atoms with Crippen LogP contribution in [0.2, 0.25) is 0 Å². The molecule has 148 valence electrons. The van der Waals surface area contributed by atoms with Crippen molar-refractivity contribution < 1.29 is 18.0 Å². The van der Waals surface area contributed by atoms with Gasteiger partial charge in [0, 0.05) is 16.8 Å². The molecular weight excluding hydrogens is 386 g/mol. The summed E-state index contributed by atoms with van der Waals surface area (Å²) in [5, 5.41) is 2.70. The smallest absolute Gasteiger partial charge is 0.256 e. The van der Waals surface area contributed by atoms with Crippen LogP contribution in [0.3, 0.4) is 0 Å².